The maximum absolute atomic E-state index is 10.1. The highest BCUT2D eigenvalue weighted by molar-refractivity contribution is 6.18. The fourth-order valence-corrected chi connectivity index (χ4v) is 2.85. The van der Waals surface area contributed by atoms with E-state index < -0.39 is 68.0 Å². The van der Waals surface area contributed by atoms with Gasteiger partial charge in [-0.25, -0.2) is 0 Å². The van der Waals surface area contributed by atoms with Gasteiger partial charge in [-0.3, -0.25) is 0 Å². The zero-order valence-corrected chi connectivity index (χ0v) is 12.7. The molecule has 2 saturated heterocycles. The first kappa shape index (κ1) is 19.2. The van der Waals surface area contributed by atoms with Gasteiger partial charge >= 0.3 is 0 Å². The highest BCUT2D eigenvalue weighted by Crippen LogP contribution is 2.36. The van der Waals surface area contributed by atoms with E-state index >= 15 is 0 Å². The number of aliphatic hydroxyl groups excluding tert-OH is 7. The standard InChI is InChI=1S/C12H21ClO10/c13-1-4-7(17)10(20)12(3-15,22-4)23-11-9(19)8(18)6(16)5(2-14)21-11/h4-11,14-20H,1-3H2/t4-,5-,6+,7-,8+,9-,10+,11?,12+/m1/s1. The van der Waals surface area contributed by atoms with Gasteiger partial charge in [-0.1, -0.05) is 0 Å². The minimum Gasteiger partial charge on any atom is -0.394 e. The quantitative estimate of drug-likeness (QED) is 0.239. The molecule has 2 heterocycles. The smallest absolute Gasteiger partial charge is 0.224 e. The summed E-state index contributed by atoms with van der Waals surface area (Å²) in [5.74, 6) is -2.34. The molecule has 2 fully saturated rings. The molecule has 0 bridgehead atoms. The highest BCUT2D eigenvalue weighted by atomic mass is 35.5. The van der Waals surface area contributed by atoms with E-state index in [0.717, 1.165) is 0 Å². The first-order valence-corrected chi connectivity index (χ1v) is 7.54. The molecule has 0 aromatic carbocycles. The Balaban J connectivity index is 2.18. The van der Waals surface area contributed by atoms with Crippen molar-refractivity contribution in [3.05, 3.63) is 0 Å². The molecule has 0 saturated carbocycles. The molecule has 7 N–H and O–H groups in total. The number of hydrogen-bond acceptors (Lipinski definition) is 10. The van der Waals surface area contributed by atoms with Crippen LogP contribution >= 0.6 is 11.6 Å². The van der Waals surface area contributed by atoms with Crippen molar-refractivity contribution < 1.29 is 50.0 Å². The molecule has 2 aliphatic heterocycles. The molecule has 0 aliphatic carbocycles. The second-order valence-corrected chi connectivity index (χ2v) is 5.84. The van der Waals surface area contributed by atoms with Crippen molar-refractivity contribution in [2.45, 2.75) is 54.8 Å². The Bertz CT molecular complexity index is 398. The molecule has 0 radical (unpaired) electrons. The second kappa shape index (κ2) is 7.42. The zero-order chi connectivity index (χ0) is 17.4. The molecular formula is C12H21ClO10. The lowest BCUT2D eigenvalue weighted by Crippen LogP contribution is -2.62. The van der Waals surface area contributed by atoms with E-state index in [0.29, 0.717) is 0 Å². The van der Waals surface area contributed by atoms with Crippen LogP contribution in [0, 0.1) is 0 Å². The van der Waals surface area contributed by atoms with Crippen LogP contribution in [0.4, 0.5) is 0 Å². The van der Waals surface area contributed by atoms with Crippen LogP contribution in [0.2, 0.25) is 0 Å². The number of halogens is 1. The first-order chi connectivity index (χ1) is 10.8. The lowest BCUT2D eigenvalue weighted by atomic mass is 9.99. The molecular weight excluding hydrogens is 340 g/mol. The van der Waals surface area contributed by atoms with Crippen LogP contribution in [0.15, 0.2) is 0 Å². The summed E-state index contributed by atoms with van der Waals surface area (Å²) in [6, 6.07) is 0. The molecule has 0 amide bonds. The van der Waals surface area contributed by atoms with E-state index in [2.05, 4.69) is 0 Å². The van der Waals surface area contributed by atoms with Crippen molar-refractivity contribution in [3.8, 4) is 0 Å². The molecule has 0 aromatic rings. The highest BCUT2D eigenvalue weighted by Gasteiger charge is 2.58. The van der Waals surface area contributed by atoms with Crippen LogP contribution in [0.1, 0.15) is 0 Å². The Hall–Kier alpha value is -0.110. The van der Waals surface area contributed by atoms with Gasteiger partial charge in [0.15, 0.2) is 6.29 Å². The summed E-state index contributed by atoms with van der Waals surface area (Å²) in [5.41, 5.74) is 0. The Labute approximate surface area is 136 Å². The van der Waals surface area contributed by atoms with E-state index in [-0.39, 0.29) is 5.88 Å². The van der Waals surface area contributed by atoms with Crippen molar-refractivity contribution in [1.29, 1.82) is 0 Å². The molecule has 11 heteroatoms. The van der Waals surface area contributed by atoms with Crippen LogP contribution in [0.3, 0.4) is 0 Å². The van der Waals surface area contributed by atoms with Crippen molar-refractivity contribution in [2.75, 3.05) is 19.1 Å². The topological polar surface area (TPSA) is 169 Å². The summed E-state index contributed by atoms with van der Waals surface area (Å²) in [4.78, 5) is 0. The molecule has 23 heavy (non-hydrogen) atoms. The second-order valence-electron chi connectivity index (χ2n) is 5.53. The lowest BCUT2D eigenvalue weighted by Gasteiger charge is -2.43. The Morgan fingerprint density at radius 3 is 2.04 bits per heavy atom. The predicted octanol–water partition coefficient (Wildman–Crippen LogP) is -4.15. The predicted molar refractivity (Wildman–Crippen MR) is 72.3 cm³/mol. The van der Waals surface area contributed by atoms with E-state index in [1.165, 1.54) is 0 Å². The Morgan fingerprint density at radius 1 is 0.913 bits per heavy atom. The van der Waals surface area contributed by atoms with Gasteiger partial charge in [0.25, 0.3) is 0 Å². The van der Waals surface area contributed by atoms with Crippen molar-refractivity contribution in [3.63, 3.8) is 0 Å². The van der Waals surface area contributed by atoms with Crippen LogP contribution in [0.25, 0.3) is 0 Å². The maximum atomic E-state index is 10.1. The summed E-state index contributed by atoms with van der Waals surface area (Å²) >= 11 is 5.59. The third kappa shape index (κ3) is 3.34. The van der Waals surface area contributed by atoms with Crippen molar-refractivity contribution in [2.24, 2.45) is 0 Å². The third-order valence-corrected chi connectivity index (χ3v) is 4.35. The fourth-order valence-electron chi connectivity index (χ4n) is 2.61. The monoisotopic (exact) mass is 360 g/mol. The van der Waals surface area contributed by atoms with Crippen LogP contribution < -0.4 is 0 Å². The molecule has 1 unspecified atom stereocenters. The molecule has 2 rings (SSSR count). The fraction of sp³-hybridized carbons (Fsp3) is 1.00. The number of ether oxygens (including phenoxy) is 3. The molecule has 9 atom stereocenters. The molecule has 10 nitrogen and oxygen atoms in total. The molecule has 0 spiro atoms. The average molecular weight is 361 g/mol. The number of hydrogen-bond donors (Lipinski definition) is 7. The lowest BCUT2D eigenvalue weighted by molar-refractivity contribution is -0.382. The van der Waals surface area contributed by atoms with Crippen molar-refractivity contribution >= 4 is 11.6 Å². The van der Waals surface area contributed by atoms with Gasteiger partial charge in [0.05, 0.1) is 12.5 Å². The summed E-state index contributed by atoms with van der Waals surface area (Å²) in [7, 11) is 0. The van der Waals surface area contributed by atoms with Crippen LogP contribution in [0.5, 0.6) is 0 Å². The number of alkyl halides is 1. The molecule has 136 valence electrons. The van der Waals surface area contributed by atoms with Gasteiger partial charge in [0.1, 0.15) is 49.3 Å². The summed E-state index contributed by atoms with van der Waals surface area (Å²) in [6.07, 6.45) is -12.1. The van der Waals surface area contributed by atoms with Gasteiger partial charge in [-0.15, -0.1) is 11.6 Å². The van der Waals surface area contributed by atoms with E-state index in [4.69, 9.17) is 30.9 Å². The SMILES string of the molecule is OC[C@H]1OC(O[C@]2(CO)O[C@H](CCl)[C@@H](O)[C@@H]2O)[C@H](O)[C@@H](O)[C@H]1O. The summed E-state index contributed by atoms with van der Waals surface area (Å²) in [6.45, 7) is -1.58. The normalized spacial score (nSPS) is 51.1. The minimum atomic E-state index is -2.15. The van der Waals surface area contributed by atoms with Gasteiger partial charge in [0.2, 0.25) is 5.79 Å². The van der Waals surface area contributed by atoms with E-state index in [1.54, 1.807) is 0 Å². The minimum absolute atomic E-state index is 0.196. The average Bonchev–Trinajstić information content (AvgIpc) is 2.80. The van der Waals surface area contributed by atoms with E-state index in [1.807, 2.05) is 0 Å². The van der Waals surface area contributed by atoms with Crippen LogP contribution in [-0.2, 0) is 14.2 Å². The number of rotatable bonds is 5. The largest absolute Gasteiger partial charge is 0.394 e. The van der Waals surface area contributed by atoms with Gasteiger partial charge in [-0.05, 0) is 0 Å². The zero-order valence-electron chi connectivity index (χ0n) is 12.0. The van der Waals surface area contributed by atoms with Crippen molar-refractivity contribution in [1.82, 2.24) is 0 Å². The third-order valence-electron chi connectivity index (χ3n) is 4.04. The van der Waals surface area contributed by atoms with Gasteiger partial charge < -0.3 is 50.0 Å². The Kier molecular flexibility index (Phi) is 6.20. The Morgan fingerprint density at radius 2 is 1.57 bits per heavy atom. The molecule has 0 aromatic heterocycles. The van der Waals surface area contributed by atoms with E-state index in [9.17, 15) is 30.6 Å². The summed E-state index contributed by atoms with van der Waals surface area (Å²) in [5, 5.41) is 67.8. The number of aliphatic hydroxyl groups is 7. The first-order valence-electron chi connectivity index (χ1n) is 7.00. The molecule has 2 aliphatic rings. The maximum Gasteiger partial charge on any atom is 0.224 e. The summed E-state index contributed by atoms with van der Waals surface area (Å²) < 4.78 is 15.6. The van der Waals surface area contributed by atoms with Gasteiger partial charge in [-0.2, -0.15) is 0 Å². The van der Waals surface area contributed by atoms with Crippen LogP contribution in [-0.4, -0.2) is 110 Å². The van der Waals surface area contributed by atoms with Gasteiger partial charge in [0, 0.05) is 0 Å².